The van der Waals surface area contributed by atoms with Crippen molar-refractivity contribution in [2.45, 2.75) is 39.0 Å². The summed E-state index contributed by atoms with van der Waals surface area (Å²) in [7, 11) is 0. The smallest absolute Gasteiger partial charge is 0.181 e. The summed E-state index contributed by atoms with van der Waals surface area (Å²) in [5, 5.41) is 0. The predicted octanol–water partition coefficient (Wildman–Crippen LogP) is 3.91. The van der Waals surface area contributed by atoms with Gasteiger partial charge in [0.2, 0.25) is 0 Å². The monoisotopic (exact) mass is 203 g/mol. The zero-order valence-corrected chi connectivity index (χ0v) is 9.58. The van der Waals surface area contributed by atoms with Crippen LogP contribution in [-0.4, -0.2) is 4.98 Å². The maximum absolute atomic E-state index is 5.49. The molecule has 15 heavy (non-hydrogen) atoms. The van der Waals surface area contributed by atoms with Crippen molar-refractivity contribution in [2.75, 3.05) is 0 Å². The van der Waals surface area contributed by atoms with Gasteiger partial charge in [-0.2, -0.15) is 0 Å². The van der Waals surface area contributed by atoms with Crippen LogP contribution in [0.3, 0.4) is 0 Å². The Bertz CT molecular complexity index is 454. The molecule has 80 valence electrons. The second kappa shape index (κ2) is 3.69. The summed E-state index contributed by atoms with van der Waals surface area (Å²) >= 11 is 0. The number of benzene rings is 1. The van der Waals surface area contributed by atoms with Gasteiger partial charge in [-0.25, -0.2) is 4.98 Å². The summed E-state index contributed by atoms with van der Waals surface area (Å²) in [6.45, 7) is 6.72. The minimum atomic E-state index is 0.193. The molecule has 2 rings (SSSR count). The lowest BCUT2D eigenvalue weighted by molar-refractivity contribution is 0.434. The number of hydrogen-bond acceptors (Lipinski definition) is 2. The first-order valence-corrected chi connectivity index (χ1v) is 5.54. The lowest BCUT2D eigenvalue weighted by Crippen LogP contribution is -2.19. The zero-order valence-electron chi connectivity index (χ0n) is 9.58. The Hall–Kier alpha value is -1.31. The van der Waals surface area contributed by atoms with E-state index in [0.29, 0.717) is 0 Å². The van der Waals surface area contributed by atoms with E-state index in [1.807, 2.05) is 6.07 Å². The third kappa shape index (κ3) is 1.54. The van der Waals surface area contributed by atoms with E-state index in [9.17, 15) is 0 Å². The SMILES string of the molecule is CCC(C)(CC)c1cccc2ncoc12. The maximum atomic E-state index is 5.49. The molecular formula is C13H17NO. The first-order chi connectivity index (χ1) is 7.21. The zero-order chi connectivity index (χ0) is 10.9. The minimum Gasteiger partial charge on any atom is -0.443 e. The van der Waals surface area contributed by atoms with E-state index < -0.39 is 0 Å². The number of oxazole rings is 1. The highest BCUT2D eigenvalue weighted by Crippen LogP contribution is 2.35. The van der Waals surface area contributed by atoms with Gasteiger partial charge in [-0.15, -0.1) is 0 Å². The Morgan fingerprint density at radius 2 is 2.00 bits per heavy atom. The van der Waals surface area contributed by atoms with E-state index in [2.05, 4.69) is 37.9 Å². The van der Waals surface area contributed by atoms with Gasteiger partial charge in [-0.1, -0.05) is 32.9 Å². The third-order valence-corrected chi connectivity index (χ3v) is 3.57. The summed E-state index contributed by atoms with van der Waals surface area (Å²) in [6, 6.07) is 6.21. The van der Waals surface area contributed by atoms with Crippen molar-refractivity contribution in [1.29, 1.82) is 0 Å². The van der Waals surface area contributed by atoms with Crippen LogP contribution in [0.25, 0.3) is 11.1 Å². The molecule has 0 saturated heterocycles. The summed E-state index contributed by atoms with van der Waals surface area (Å²) in [5.41, 5.74) is 3.38. The van der Waals surface area contributed by atoms with Crippen LogP contribution in [0.5, 0.6) is 0 Å². The van der Waals surface area contributed by atoms with Crippen molar-refractivity contribution in [3.63, 3.8) is 0 Å². The summed E-state index contributed by atoms with van der Waals surface area (Å²) < 4.78 is 5.49. The van der Waals surface area contributed by atoms with E-state index >= 15 is 0 Å². The molecule has 0 aliphatic heterocycles. The van der Waals surface area contributed by atoms with Crippen LogP contribution in [0.1, 0.15) is 39.2 Å². The molecule has 0 aliphatic rings. The Balaban J connectivity index is 2.64. The predicted molar refractivity (Wildman–Crippen MR) is 61.9 cm³/mol. The number of nitrogens with zero attached hydrogens (tertiary/aromatic N) is 1. The molecule has 2 heteroatoms. The number of rotatable bonds is 3. The van der Waals surface area contributed by atoms with Crippen LogP contribution >= 0.6 is 0 Å². The van der Waals surface area contributed by atoms with Crippen LogP contribution in [0, 0.1) is 0 Å². The van der Waals surface area contributed by atoms with E-state index in [1.165, 1.54) is 12.0 Å². The standard InChI is InChI=1S/C13H17NO/c1-4-13(3,5-2)10-7-6-8-11-12(10)15-9-14-11/h6-9H,4-5H2,1-3H3. The molecule has 0 saturated carbocycles. The molecule has 0 unspecified atom stereocenters. The van der Waals surface area contributed by atoms with Gasteiger partial charge < -0.3 is 4.42 Å². The Labute approximate surface area is 90.3 Å². The molecule has 0 fully saturated rings. The highest BCUT2D eigenvalue weighted by atomic mass is 16.3. The molecule has 0 atom stereocenters. The summed E-state index contributed by atoms with van der Waals surface area (Å²) in [6.07, 6.45) is 3.76. The third-order valence-electron chi connectivity index (χ3n) is 3.57. The maximum Gasteiger partial charge on any atom is 0.181 e. The van der Waals surface area contributed by atoms with Crippen LogP contribution in [0.15, 0.2) is 29.0 Å². The first-order valence-electron chi connectivity index (χ1n) is 5.54. The molecule has 1 aromatic carbocycles. The topological polar surface area (TPSA) is 26.0 Å². The van der Waals surface area contributed by atoms with E-state index in [4.69, 9.17) is 4.42 Å². The largest absolute Gasteiger partial charge is 0.443 e. The van der Waals surface area contributed by atoms with Crippen molar-refractivity contribution in [3.8, 4) is 0 Å². The highest BCUT2D eigenvalue weighted by Gasteiger charge is 2.25. The Kier molecular flexibility index (Phi) is 2.51. The number of hydrogen-bond donors (Lipinski definition) is 0. The van der Waals surface area contributed by atoms with Gasteiger partial charge in [0.15, 0.2) is 12.0 Å². The fourth-order valence-electron chi connectivity index (χ4n) is 1.99. The average molecular weight is 203 g/mol. The van der Waals surface area contributed by atoms with Gasteiger partial charge in [0.1, 0.15) is 5.52 Å². The molecule has 1 aromatic heterocycles. The van der Waals surface area contributed by atoms with Crippen molar-refractivity contribution in [3.05, 3.63) is 30.2 Å². The molecule has 0 aliphatic carbocycles. The van der Waals surface area contributed by atoms with Gasteiger partial charge in [-0.05, 0) is 24.3 Å². The van der Waals surface area contributed by atoms with Gasteiger partial charge >= 0.3 is 0 Å². The molecule has 0 N–H and O–H groups in total. The van der Waals surface area contributed by atoms with Crippen LogP contribution in [0.4, 0.5) is 0 Å². The van der Waals surface area contributed by atoms with Crippen molar-refractivity contribution in [2.24, 2.45) is 0 Å². The lowest BCUT2D eigenvalue weighted by atomic mass is 9.77. The molecule has 0 amide bonds. The fraction of sp³-hybridized carbons (Fsp3) is 0.462. The Morgan fingerprint density at radius 1 is 1.27 bits per heavy atom. The van der Waals surface area contributed by atoms with E-state index in [0.717, 1.165) is 23.9 Å². The van der Waals surface area contributed by atoms with Crippen molar-refractivity contribution >= 4 is 11.1 Å². The van der Waals surface area contributed by atoms with Crippen LogP contribution < -0.4 is 0 Å². The Morgan fingerprint density at radius 3 is 2.67 bits per heavy atom. The second-order valence-corrected chi connectivity index (χ2v) is 4.27. The highest BCUT2D eigenvalue weighted by molar-refractivity contribution is 5.77. The van der Waals surface area contributed by atoms with Gasteiger partial charge in [0, 0.05) is 5.56 Å². The lowest BCUT2D eigenvalue weighted by Gasteiger charge is -2.26. The summed E-state index contributed by atoms with van der Waals surface area (Å²) in [4.78, 5) is 4.19. The molecule has 0 bridgehead atoms. The van der Waals surface area contributed by atoms with Crippen LogP contribution in [-0.2, 0) is 5.41 Å². The normalized spacial score (nSPS) is 12.2. The van der Waals surface area contributed by atoms with Crippen LogP contribution in [0.2, 0.25) is 0 Å². The van der Waals surface area contributed by atoms with Crippen molar-refractivity contribution < 1.29 is 4.42 Å². The minimum absolute atomic E-state index is 0.193. The molecule has 0 spiro atoms. The van der Waals surface area contributed by atoms with Crippen molar-refractivity contribution in [1.82, 2.24) is 4.98 Å². The molecule has 2 nitrogen and oxygen atoms in total. The number of fused-ring (bicyclic) bond motifs is 1. The average Bonchev–Trinajstić information content (AvgIpc) is 2.75. The second-order valence-electron chi connectivity index (χ2n) is 4.27. The fourth-order valence-corrected chi connectivity index (χ4v) is 1.99. The molecule has 2 aromatic rings. The number of aromatic nitrogens is 1. The molecular weight excluding hydrogens is 186 g/mol. The molecule has 0 radical (unpaired) electrons. The summed E-state index contributed by atoms with van der Waals surface area (Å²) in [5.74, 6) is 0. The van der Waals surface area contributed by atoms with Gasteiger partial charge in [-0.3, -0.25) is 0 Å². The van der Waals surface area contributed by atoms with E-state index in [-0.39, 0.29) is 5.41 Å². The van der Waals surface area contributed by atoms with E-state index in [1.54, 1.807) is 0 Å². The van der Waals surface area contributed by atoms with Gasteiger partial charge in [0.25, 0.3) is 0 Å². The molecule has 1 heterocycles. The first kappa shape index (κ1) is 10.2. The van der Waals surface area contributed by atoms with Gasteiger partial charge in [0.05, 0.1) is 0 Å². The number of para-hydroxylation sites is 1. The quantitative estimate of drug-likeness (QED) is 0.756.